The number of hydrogen-bond acceptors (Lipinski definition) is 5. The Kier molecular flexibility index (Phi) is 3.55. The molecule has 0 saturated carbocycles. The van der Waals surface area contributed by atoms with E-state index in [1.807, 2.05) is 36.5 Å². The molecule has 23 heavy (non-hydrogen) atoms. The van der Waals surface area contributed by atoms with Crippen LogP contribution in [0.2, 0.25) is 0 Å². The van der Waals surface area contributed by atoms with Crippen molar-refractivity contribution in [3.05, 3.63) is 54.7 Å². The first-order chi connectivity index (χ1) is 11.3. The molecule has 4 rings (SSSR count). The fourth-order valence-electron chi connectivity index (χ4n) is 2.97. The molecule has 0 amide bonds. The van der Waals surface area contributed by atoms with Gasteiger partial charge in [0.15, 0.2) is 0 Å². The van der Waals surface area contributed by atoms with Crippen LogP contribution >= 0.6 is 0 Å². The van der Waals surface area contributed by atoms with Crippen molar-refractivity contribution in [1.82, 2.24) is 9.97 Å². The molecule has 5 nitrogen and oxygen atoms in total. The summed E-state index contributed by atoms with van der Waals surface area (Å²) in [6.07, 6.45) is 2.86. The fourth-order valence-corrected chi connectivity index (χ4v) is 2.97. The number of para-hydroxylation sites is 1. The van der Waals surface area contributed by atoms with Crippen LogP contribution in [0.4, 0.5) is 17.3 Å². The Bertz CT molecular complexity index is 832. The van der Waals surface area contributed by atoms with Gasteiger partial charge in [0, 0.05) is 42.5 Å². The van der Waals surface area contributed by atoms with Crippen molar-refractivity contribution in [2.75, 3.05) is 23.3 Å². The first-order valence-electron chi connectivity index (χ1n) is 7.87. The minimum Gasteiger partial charge on any atom is -0.370 e. The summed E-state index contributed by atoms with van der Waals surface area (Å²) in [7, 11) is 0. The van der Waals surface area contributed by atoms with E-state index in [0.29, 0.717) is 0 Å². The van der Waals surface area contributed by atoms with Crippen molar-refractivity contribution in [3.8, 4) is 0 Å². The standard InChI is InChI=1S/C18H19N5/c19-14-8-10-23(12-14)15-7-9-20-18(11-15)22-17-6-5-13-3-1-2-4-16(13)21-17/h1-7,9,11,14H,8,10,12,19H2,(H,20,21,22). The zero-order valence-corrected chi connectivity index (χ0v) is 12.8. The van der Waals surface area contributed by atoms with Gasteiger partial charge in [-0.1, -0.05) is 18.2 Å². The molecular weight excluding hydrogens is 286 g/mol. The first-order valence-corrected chi connectivity index (χ1v) is 7.87. The lowest BCUT2D eigenvalue weighted by molar-refractivity contribution is 0.752. The van der Waals surface area contributed by atoms with E-state index in [1.54, 1.807) is 0 Å². The second kappa shape index (κ2) is 5.85. The van der Waals surface area contributed by atoms with Gasteiger partial charge < -0.3 is 16.0 Å². The molecular formula is C18H19N5. The topological polar surface area (TPSA) is 67.1 Å². The van der Waals surface area contributed by atoms with Crippen LogP contribution in [0.15, 0.2) is 54.7 Å². The molecule has 0 spiro atoms. The van der Waals surface area contributed by atoms with E-state index in [-0.39, 0.29) is 6.04 Å². The average molecular weight is 305 g/mol. The van der Waals surface area contributed by atoms with Gasteiger partial charge in [0.2, 0.25) is 0 Å². The predicted molar refractivity (Wildman–Crippen MR) is 94.1 cm³/mol. The molecule has 1 saturated heterocycles. The number of fused-ring (bicyclic) bond motifs is 1. The van der Waals surface area contributed by atoms with Gasteiger partial charge in [0.05, 0.1) is 5.52 Å². The molecule has 2 aromatic heterocycles. The van der Waals surface area contributed by atoms with Crippen LogP contribution in [-0.4, -0.2) is 29.1 Å². The minimum atomic E-state index is 0.265. The molecule has 116 valence electrons. The Morgan fingerprint density at radius 1 is 1.09 bits per heavy atom. The first kappa shape index (κ1) is 14.0. The van der Waals surface area contributed by atoms with Crippen LogP contribution < -0.4 is 16.0 Å². The second-order valence-corrected chi connectivity index (χ2v) is 5.91. The maximum atomic E-state index is 5.99. The molecule has 1 unspecified atom stereocenters. The third-order valence-electron chi connectivity index (χ3n) is 4.19. The molecule has 5 heteroatoms. The summed E-state index contributed by atoms with van der Waals surface area (Å²) in [5.74, 6) is 1.59. The van der Waals surface area contributed by atoms with Crippen LogP contribution in [-0.2, 0) is 0 Å². The van der Waals surface area contributed by atoms with Gasteiger partial charge in [-0.25, -0.2) is 9.97 Å². The Hall–Kier alpha value is -2.66. The predicted octanol–water partition coefficient (Wildman–Crippen LogP) is 2.91. The molecule has 1 aliphatic rings. The molecule has 0 radical (unpaired) electrons. The number of nitrogens with zero attached hydrogens (tertiary/aromatic N) is 3. The van der Waals surface area contributed by atoms with Crippen LogP contribution in [0.3, 0.4) is 0 Å². The molecule has 1 fully saturated rings. The number of nitrogens with one attached hydrogen (secondary N) is 1. The SMILES string of the molecule is NC1CCN(c2ccnc(Nc3ccc4ccccc4n3)c2)C1. The van der Waals surface area contributed by atoms with E-state index < -0.39 is 0 Å². The van der Waals surface area contributed by atoms with E-state index in [1.165, 1.54) is 0 Å². The molecule has 3 N–H and O–H groups in total. The number of nitrogens with two attached hydrogens (primary N) is 1. The molecule has 1 atom stereocenters. The maximum absolute atomic E-state index is 5.99. The lowest BCUT2D eigenvalue weighted by Crippen LogP contribution is -2.26. The van der Waals surface area contributed by atoms with Gasteiger partial charge in [-0.2, -0.15) is 0 Å². The number of aromatic nitrogens is 2. The smallest absolute Gasteiger partial charge is 0.133 e. The van der Waals surface area contributed by atoms with Gasteiger partial charge in [-0.3, -0.25) is 0 Å². The minimum absolute atomic E-state index is 0.265. The maximum Gasteiger partial charge on any atom is 0.133 e. The summed E-state index contributed by atoms with van der Waals surface area (Å²) in [6.45, 7) is 1.90. The van der Waals surface area contributed by atoms with Crippen molar-refractivity contribution in [3.63, 3.8) is 0 Å². The molecule has 1 aliphatic heterocycles. The Labute approximate surface area is 135 Å². The van der Waals surface area contributed by atoms with Gasteiger partial charge in [-0.05, 0) is 30.7 Å². The Morgan fingerprint density at radius 3 is 2.87 bits per heavy atom. The van der Waals surface area contributed by atoms with E-state index in [9.17, 15) is 0 Å². The lowest BCUT2D eigenvalue weighted by atomic mass is 10.2. The average Bonchev–Trinajstić information content (AvgIpc) is 3.02. The molecule has 0 bridgehead atoms. The number of rotatable bonds is 3. The van der Waals surface area contributed by atoms with E-state index >= 15 is 0 Å². The molecule has 0 aliphatic carbocycles. The summed E-state index contributed by atoms with van der Waals surface area (Å²) in [4.78, 5) is 11.3. The van der Waals surface area contributed by atoms with Crippen molar-refractivity contribution in [1.29, 1.82) is 0 Å². The number of benzene rings is 1. The van der Waals surface area contributed by atoms with Crippen molar-refractivity contribution in [2.24, 2.45) is 5.73 Å². The van der Waals surface area contributed by atoms with Crippen molar-refractivity contribution in [2.45, 2.75) is 12.5 Å². The van der Waals surface area contributed by atoms with E-state index in [4.69, 9.17) is 5.73 Å². The molecule has 3 heterocycles. The zero-order valence-electron chi connectivity index (χ0n) is 12.8. The summed E-state index contributed by atoms with van der Waals surface area (Å²) in [5.41, 5.74) is 8.11. The molecule has 1 aromatic carbocycles. The highest BCUT2D eigenvalue weighted by Gasteiger charge is 2.19. The van der Waals surface area contributed by atoms with Crippen molar-refractivity contribution < 1.29 is 0 Å². The largest absolute Gasteiger partial charge is 0.370 e. The zero-order chi connectivity index (χ0) is 15.6. The fraction of sp³-hybridized carbons (Fsp3) is 0.222. The number of anilines is 3. The third-order valence-corrected chi connectivity index (χ3v) is 4.19. The number of hydrogen-bond donors (Lipinski definition) is 2. The number of pyridine rings is 2. The monoisotopic (exact) mass is 305 g/mol. The Balaban J connectivity index is 1.58. The highest BCUT2D eigenvalue weighted by Crippen LogP contribution is 2.23. The van der Waals surface area contributed by atoms with Gasteiger partial charge in [0.25, 0.3) is 0 Å². The van der Waals surface area contributed by atoms with Gasteiger partial charge in [-0.15, -0.1) is 0 Å². The lowest BCUT2D eigenvalue weighted by Gasteiger charge is -2.18. The van der Waals surface area contributed by atoms with Gasteiger partial charge in [0.1, 0.15) is 11.6 Å². The summed E-state index contributed by atoms with van der Waals surface area (Å²) in [5, 5.41) is 4.42. The normalized spacial score (nSPS) is 17.6. The van der Waals surface area contributed by atoms with Crippen molar-refractivity contribution >= 4 is 28.2 Å². The van der Waals surface area contributed by atoms with Crippen LogP contribution in [0.1, 0.15) is 6.42 Å². The summed E-state index contributed by atoms with van der Waals surface area (Å²) >= 11 is 0. The quantitative estimate of drug-likeness (QED) is 0.779. The second-order valence-electron chi connectivity index (χ2n) is 5.91. The summed E-state index contributed by atoms with van der Waals surface area (Å²) < 4.78 is 0. The highest BCUT2D eigenvalue weighted by molar-refractivity contribution is 5.80. The van der Waals surface area contributed by atoms with Crippen LogP contribution in [0, 0.1) is 0 Å². The molecule has 3 aromatic rings. The van der Waals surface area contributed by atoms with Gasteiger partial charge >= 0.3 is 0 Å². The highest BCUT2D eigenvalue weighted by atomic mass is 15.2. The van der Waals surface area contributed by atoms with E-state index in [2.05, 4.69) is 38.4 Å². The van der Waals surface area contributed by atoms with Crippen LogP contribution in [0.25, 0.3) is 10.9 Å². The summed E-state index contributed by atoms with van der Waals surface area (Å²) in [6, 6.07) is 16.5. The van der Waals surface area contributed by atoms with Crippen LogP contribution in [0.5, 0.6) is 0 Å². The third kappa shape index (κ3) is 2.96. The van der Waals surface area contributed by atoms with E-state index in [0.717, 1.165) is 47.7 Å². The Morgan fingerprint density at radius 2 is 2.00 bits per heavy atom.